The molecule has 2 aromatic carbocycles. The molecule has 0 bridgehead atoms. The molecule has 2 aliphatic rings. The minimum atomic E-state index is -1.56. The molecule has 9 heteroatoms. The van der Waals surface area contributed by atoms with Gasteiger partial charge in [0.25, 0.3) is 5.91 Å². The van der Waals surface area contributed by atoms with Crippen molar-refractivity contribution in [3.63, 3.8) is 0 Å². The van der Waals surface area contributed by atoms with Gasteiger partial charge < -0.3 is 25.4 Å². The number of amides is 3. The average Bonchev–Trinajstić information content (AvgIpc) is 3.56. The molecule has 1 heterocycles. The number of carbonyl (C=O) groups excluding carboxylic acids is 3. The standard InChI is InChI=1S/C30H39N3O5S/c1-20-10-8-9-13-22(20)17-31-26(35)25-29(2,3)39-19-33(25)27(36)24(34)23(16-21-11-6-5-7-12-21)32-28(37)38-18-30(4)14-15-30/h5-13,23-25,34H,14-19H2,1-4H3,(H,31,35)(H,32,37)/t23-,24-,25+/m0/s1. The molecule has 210 valence electrons. The average molecular weight is 554 g/mol. The molecule has 4 rings (SSSR count). The van der Waals surface area contributed by atoms with E-state index in [4.69, 9.17) is 4.74 Å². The van der Waals surface area contributed by atoms with Crippen LogP contribution in [0.4, 0.5) is 4.79 Å². The summed E-state index contributed by atoms with van der Waals surface area (Å²) in [5.74, 6) is -0.621. The molecule has 8 nitrogen and oxygen atoms in total. The topological polar surface area (TPSA) is 108 Å². The van der Waals surface area contributed by atoms with Crippen LogP contribution < -0.4 is 10.6 Å². The Kier molecular flexibility index (Phi) is 8.91. The Balaban J connectivity index is 1.47. The molecular formula is C30H39N3O5S. The Morgan fingerprint density at radius 3 is 2.41 bits per heavy atom. The largest absolute Gasteiger partial charge is 0.449 e. The number of ether oxygens (including phenoxy) is 1. The maximum atomic E-state index is 13.7. The quantitative estimate of drug-likeness (QED) is 0.413. The monoisotopic (exact) mass is 553 g/mol. The molecule has 0 spiro atoms. The zero-order valence-corrected chi connectivity index (χ0v) is 23.9. The van der Waals surface area contributed by atoms with E-state index in [1.54, 1.807) is 0 Å². The van der Waals surface area contributed by atoms with Crippen LogP contribution in [0.3, 0.4) is 0 Å². The zero-order chi connectivity index (χ0) is 28.2. The summed E-state index contributed by atoms with van der Waals surface area (Å²) in [6, 6.07) is 15.4. The van der Waals surface area contributed by atoms with Gasteiger partial charge in [-0.1, -0.05) is 61.5 Å². The highest BCUT2D eigenvalue weighted by Crippen LogP contribution is 2.45. The molecule has 39 heavy (non-hydrogen) atoms. The second kappa shape index (κ2) is 12.0. The second-order valence-electron chi connectivity index (χ2n) is 11.5. The van der Waals surface area contributed by atoms with E-state index < -0.39 is 34.9 Å². The van der Waals surface area contributed by atoms with Crippen molar-refractivity contribution in [2.24, 2.45) is 5.41 Å². The fourth-order valence-electron chi connectivity index (χ4n) is 4.74. The number of thioether (sulfide) groups is 1. The lowest BCUT2D eigenvalue weighted by Gasteiger charge is -2.33. The van der Waals surface area contributed by atoms with Gasteiger partial charge in [0, 0.05) is 16.7 Å². The maximum Gasteiger partial charge on any atom is 0.407 e. The van der Waals surface area contributed by atoms with E-state index in [0.29, 0.717) is 13.2 Å². The summed E-state index contributed by atoms with van der Waals surface area (Å²) >= 11 is 1.48. The van der Waals surface area contributed by atoms with Crippen molar-refractivity contribution in [1.29, 1.82) is 0 Å². The van der Waals surface area contributed by atoms with Crippen LogP contribution in [-0.2, 0) is 27.3 Å². The number of benzene rings is 2. The van der Waals surface area contributed by atoms with Gasteiger partial charge in [0.05, 0.1) is 18.5 Å². The predicted molar refractivity (Wildman–Crippen MR) is 152 cm³/mol. The van der Waals surface area contributed by atoms with Crippen molar-refractivity contribution in [3.8, 4) is 0 Å². The highest BCUT2D eigenvalue weighted by atomic mass is 32.2. The minimum Gasteiger partial charge on any atom is -0.449 e. The van der Waals surface area contributed by atoms with Crippen LogP contribution in [0.25, 0.3) is 0 Å². The summed E-state index contributed by atoms with van der Waals surface area (Å²) in [6.07, 6.45) is 0.0129. The summed E-state index contributed by atoms with van der Waals surface area (Å²) in [5.41, 5.74) is 2.93. The minimum absolute atomic E-state index is 0.0118. The molecule has 2 aromatic rings. The SMILES string of the molecule is Cc1ccccc1CNC(=O)[C@H]1N(C(=O)[C@@H](O)[C@H](Cc2ccccc2)NC(=O)OCC2(C)CC2)CSC1(C)C. The lowest BCUT2D eigenvalue weighted by molar-refractivity contribution is -0.147. The lowest BCUT2D eigenvalue weighted by Crippen LogP contribution is -2.58. The van der Waals surface area contributed by atoms with Gasteiger partial charge in [-0.25, -0.2) is 4.79 Å². The highest BCUT2D eigenvalue weighted by molar-refractivity contribution is 8.00. The van der Waals surface area contributed by atoms with Gasteiger partial charge in [-0.15, -0.1) is 11.8 Å². The fraction of sp³-hybridized carbons (Fsp3) is 0.500. The normalized spacial score (nSPS) is 20.5. The van der Waals surface area contributed by atoms with E-state index in [-0.39, 0.29) is 23.6 Å². The summed E-state index contributed by atoms with van der Waals surface area (Å²) in [7, 11) is 0. The number of aryl methyl sites for hydroxylation is 1. The van der Waals surface area contributed by atoms with E-state index in [2.05, 4.69) is 17.6 Å². The number of hydrogen-bond donors (Lipinski definition) is 3. The number of rotatable bonds is 10. The molecule has 3 N–H and O–H groups in total. The number of hydrogen-bond acceptors (Lipinski definition) is 6. The van der Waals surface area contributed by atoms with Gasteiger partial charge in [0.1, 0.15) is 6.04 Å². The first-order valence-corrected chi connectivity index (χ1v) is 14.4. The predicted octanol–water partition coefficient (Wildman–Crippen LogP) is 3.79. The third-order valence-corrected chi connectivity index (χ3v) is 9.06. The first-order chi connectivity index (χ1) is 18.5. The molecule has 2 fully saturated rings. The Labute approximate surface area is 234 Å². The van der Waals surface area contributed by atoms with Crippen LogP contribution in [-0.4, -0.2) is 63.3 Å². The number of aliphatic hydroxyl groups is 1. The van der Waals surface area contributed by atoms with Crippen molar-refractivity contribution in [2.75, 3.05) is 12.5 Å². The molecule has 1 aliphatic carbocycles. The van der Waals surface area contributed by atoms with Crippen molar-refractivity contribution in [3.05, 3.63) is 71.3 Å². The van der Waals surface area contributed by atoms with Crippen molar-refractivity contribution >= 4 is 29.7 Å². The number of nitrogens with zero attached hydrogens (tertiary/aromatic N) is 1. The van der Waals surface area contributed by atoms with Gasteiger partial charge in [-0.05, 0) is 56.7 Å². The molecule has 0 unspecified atom stereocenters. The van der Waals surface area contributed by atoms with Gasteiger partial charge in [0.15, 0.2) is 6.10 Å². The van der Waals surface area contributed by atoms with Gasteiger partial charge >= 0.3 is 6.09 Å². The van der Waals surface area contributed by atoms with Crippen LogP contribution in [0.1, 0.15) is 50.3 Å². The number of aliphatic hydroxyl groups excluding tert-OH is 1. The second-order valence-corrected chi connectivity index (χ2v) is 13.1. The molecule has 1 saturated carbocycles. The first-order valence-electron chi connectivity index (χ1n) is 13.4. The van der Waals surface area contributed by atoms with Crippen LogP contribution in [0, 0.1) is 12.3 Å². The van der Waals surface area contributed by atoms with Crippen molar-refractivity contribution in [2.45, 2.75) is 76.4 Å². The summed E-state index contributed by atoms with van der Waals surface area (Å²) in [5, 5.41) is 17.0. The van der Waals surface area contributed by atoms with E-state index >= 15 is 0 Å². The molecule has 1 saturated heterocycles. The number of nitrogens with one attached hydrogen (secondary N) is 2. The fourth-order valence-corrected chi connectivity index (χ4v) is 5.88. The molecule has 0 aromatic heterocycles. The first kappa shape index (κ1) is 29.0. The Morgan fingerprint density at radius 1 is 1.08 bits per heavy atom. The number of alkyl carbamates (subject to hydrolysis) is 1. The van der Waals surface area contributed by atoms with E-state index in [9.17, 15) is 19.5 Å². The Hall–Kier alpha value is -3.04. The van der Waals surface area contributed by atoms with E-state index in [0.717, 1.165) is 29.5 Å². The maximum absolute atomic E-state index is 13.7. The summed E-state index contributed by atoms with van der Waals surface area (Å²) < 4.78 is 4.85. The van der Waals surface area contributed by atoms with Crippen LogP contribution in [0.15, 0.2) is 54.6 Å². The van der Waals surface area contributed by atoms with E-state index in [1.807, 2.05) is 75.4 Å². The molecule has 3 amide bonds. The molecule has 1 aliphatic heterocycles. The van der Waals surface area contributed by atoms with Crippen molar-refractivity contribution in [1.82, 2.24) is 15.5 Å². The zero-order valence-electron chi connectivity index (χ0n) is 23.1. The third-order valence-electron chi connectivity index (χ3n) is 7.68. The lowest BCUT2D eigenvalue weighted by atomic mass is 9.97. The molecule has 3 atom stereocenters. The summed E-state index contributed by atoms with van der Waals surface area (Å²) in [4.78, 5) is 41.2. The Bertz CT molecular complexity index is 1180. The van der Waals surface area contributed by atoms with E-state index in [1.165, 1.54) is 16.7 Å². The van der Waals surface area contributed by atoms with Gasteiger partial charge in [-0.2, -0.15) is 0 Å². The van der Waals surface area contributed by atoms with Crippen LogP contribution in [0.5, 0.6) is 0 Å². The Morgan fingerprint density at radius 2 is 1.74 bits per heavy atom. The molecular weight excluding hydrogens is 514 g/mol. The van der Waals surface area contributed by atoms with Crippen LogP contribution in [0.2, 0.25) is 0 Å². The highest BCUT2D eigenvalue weighted by Gasteiger charge is 2.50. The molecule has 0 radical (unpaired) electrons. The smallest absolute Gasteiger partial charge is 0.407 e. The van der Waals surface area contributed by atoms with Gasteiger partial charge in [-0.3, -0.25) is 9.59 Å². The summed E-state index contributed by atoms with van der Waals surface area (Å²) in [6.45, 7) is 8.52. The van der Waals surface area contributed by atoms with Gasteiger partial charge in [0.2, 0.25) is 5.91 Å². The third kappa shape index (κ3) is 7.33. The van der Waals surface area contributed by atoms with Crippen molar-refractivity contribution < 1.29 is 24.2 Å². The van der Waals surface area contributed by atoms with Crippen LogP contribution >= 0.6 is 11.8 Å². The number of carbonyl (C=O) groups is 3.